The van der Waals surface area contributed by atoms with Crippen molar-refractivity contribution in [2.45, 2.75) is 38.3 Å². The summed E-state index contributed by atoms with van der Waals surface area (Å²) < 4.78 is 0. The van der Waals surface area contributed by atoms with Crippen LogP contribution in [0.5, 0.6) is 0 Å². The zero-order valence-electron chi connectivity index (χ0n) is 7.34. The lowest BCUT2D eigenvalue weighted by molar-refractivity contribution is 0.0377. The van der Waals surface area contributed by atoms with Crippen LogP contribution in [0.4, 0.5) is 0 Å². The van der Waals surface area contributed by atoms with Crippen LogP contribution in [0.25, 0.3) is 0 Å². The number of likely N-dealkylation sites (tertiary alicyclic amines) is 1. The van der Waals surface area contributed by atoms with Gasteiger partial charge in [0.05, 0.1) is 0 Å². The van der Waals surface area contributed by atoms with Crippen molar-refractivity contribution in [3.05, 3.63) is 0 Å². The summed E-state index contributed by atoms with van der Waals surface area (Å²) in [6, 6.07) is 1.78. The zero-order chi connectivity index (χ0) is 7.68. The van der Waals surface area contributed by atoms with Gasteiger partial charge in [-0.3, -0.25) is 4.90 Å². The largest absolute Gasteiger partial charge is 0.317 e. The number of nitrogens with zero attached hydrogens (tertiary/aromatic N) is 1. The fourth-order valence-corrected chi connectivity index (χ4v) is 2.22. The summed E-state index contributed by atoms with van der Waals surface area (Å²) in [5.74, 6) is 0. The average Bonchev–Trinajstić information content (AvgIpc) is 2.04. The highest BCUT2D eigenvalue weighted by Crippen LogP contribution is 2.24. The third-order valence-corrected chi connectivity index (χ3v) is 3.15. The second-order valence-corrected chi connectivity index (χ2v) is 3.86. The van der Waals surface area contributed by atoms with E-state index in [4.69, 9.17) is 0 Å². The monoisotopic (exact) mass is 154 g/mol. The van der Waals surface area contributed by atoms with Crippen molar-refractivity contribution in [3.63, 3.8) is 0 Å². The van der Waals surface area contributed by atoms with Gasteiger partial charge in [0.25, 0.3) is 0 Å². The Balaban J connectivity index is 1.83. The molecule has 2 rings (SSSR count). The molecule has 11 heavy (non-hydrogen) atoms. The van der Waals surface area contributed by atoms with E-state index < -0.39 is 0 Å². The first-order chi connectivity index (χ1) is 5.38. The van der Waals surface area contributed by atoms with Crippen molar-refractivity contribution in [1.29, 1.82) is 0 Å². The maximum atomic E-state index is 3.41. The highest BCUT2D eigenvalue weighted by molar-refractivity contribution is 4.87. The SMILES string of the molecule is CC1CCN1C1CCNCC1. The lowest BCUT2D eigenvalue weighted by Crippen LogP contribution is -2.54. The minimum Gasteiger partial charge on any atom is -0.317 e. The van der Waals surface area contributed by atoms with E-state index in [1.165, 1.54) is 38.9 Å². The molecule has 1 unspecified atom stereocenters. The number of piperidine rings is 1. The molecule has 0 spiro atoms. The Morgan fingerprint density at radius 2 is 1.91 bits per heavy atom. The fraction of sp³-hybridized carbons (Fsp3) is 1.00. The molecule has 2 aliphatic rings. The molecule has 0 aromatic heterocycles. The maximum Gasteiger partial charge on any atom is 0.0122 e. The molecule has 0 bridgehead atoms. The van der Waals surface area contributed by atoms with E-state index in [1.807, 2.05) is 0 Å². The third-order valence-electron chi connectivity index (χ3n) is 3.15. The van der Waals surface area contributed by atoms with Gasteiger partial charge in [-0.05, 0) is 39.3 Å². The smallest absolute Gasteiger partial charge is 0.0122 e. The van der Waals surface area contributed by atoms with E-state index in [-0.39, 0.29) is 0 Å². The van der Waals surface area contributed by atoms with Crippen LogP contribution in [0.2, 0.25) is 0 Å². The quantitative estimate of drug-likeness (QED) is 0.602. The summed E-state index contributed by atoms with van der Waals surface area (Å²) in [5, 5.41) is 3.41. The van der Waals surface area contributed by atoms with Gasteiger partial charge in [-0.25, -0.2) is 0 Å². The predicted molar refractivity (Wildman–Crippen MR) is 46.7 cm³/mol. The van der Waals surface area contributed by atoms with Gasteiger partial charge in [0.15, 0.2) is 0 Å². The van der Waals surface area contributed by atoms with Crippen molar-refractivity contribution >= 4 is 0 Å². The summed E-state index contributed by atoms with van der Waals surface area (Å²) in [4.78, 5) is 2.67. The van der Waals surface area contributed by atoms with Gasteiger partial charge < -0.3 is 5.32 Å². The van der Waals surface area contributed by atoms with Crippen molar-refractivity contribution < 1.29 is 0 Å². The van der Waals surface area contributed by atoms with Crippen molar-refractivity contribution in [2.24, 2.45) is 0 Å². The van der Waals surface area contributed by atoms with Crippen LogP contribution in [-0.4, -0.2) is 36.6 Å². The van der Waals surface area contributed by atoms with Gasteiger partial charge in [-0.15, -0.1) is 0 Å². The molecule has 2 saturated heterocycles. The van der Waals surface area contributed by atoms with Gasteiger partial charge in [-0.1, -0.05) is 0 Å². The molecule has 0 aliphatic carbocycles. The molecular formula is C9H18N2. The molecule has 0 amide bonds. The molecule has 0 aromatic carbocycles. The van der Waals surface area contributed by atoms with E-state index in [2.05, 4.69) is 17.1 Å². The Morgan fingerprint density at radius 3 is 2.36 bits per heavy atom. The molecule has 2 heteroatoms. The first kappa shape index (κ1) is 7.56. The van der Waals surface area contributed by atoms with Crippen LogP contribution >= 0.6 is 0 Å². The number of rotatable bonds is 1. The van der Waals surface area contributed by atoms with Crippen LogP contribution in [0.3, 0.4) is 0 Å². The molecular weight excluding hydrogens is 136 g/mol. The maximum absolute atomic E-state index is 3.41. The van der Waals surface area contributed by atoms with Gasteiger partial charge in [0.2, 0.25) is 0 Å². The van der Waals surface area contributed by atoms with Crippen molar-refractivity contribution in [2.75, 3.05) is 19.6 Å². The summed E-state index contributed by atoms with van der Waals surface area (Å²) >= 11 is 0. The van der Waals surface area contributed by atoms with E-state index >= 15 is 0 Å². The van der Waals surface area contributed by atoms with Crippen molar-refractivity contribution in [1.82, 2.24) is 10.2 Å². The fourth-order valence-electron chi connectivity index (χ4n) is 2.22. The van der Waals surface area contributed by atoms with Crippen molar-refractivity contribution in [3.8, 4) is 0 Å². The van der Waals surface area contributed by atoms with Gasteiger partial charge >= 0.3 is 0 Å². The average molecular weight is 154 g/mol. The Morgan fingerprint density at radius 1 is 1.18 bits per heavy atom. The summed E-state index contributed by atoms with van der Waals surface area (Å²) in [6.07, 6.45) is 4.15. The zero-order valence-corrected chi connectivity index (χ0v) is 7.34. The minimum absolute atomic E-state index is 0.873. The molecule has 0 aromatic rings. The van der Waals surface area contributed by atoms with Crippen LogP contribution in [0, 0.1) is 0 Å². The standard InChI is InChI=1S/C9H18N2/c1-8-4-7-11(8)9-2-5-10-6-3-9/h8-10H,2-7H2,1H3. The molecule has 2 fully saturated rings. The highest BCUT2D eigenvalue weighted by Gasteiger charge is 2.30. The third kappa shape index (κ3) is 1.42. The topological polar surface area (TPSA) is 15.3 Å². The van der Waals surface area contributed by atoms with Crippen LogP contribution in [-0.2, 0) is 0 Å². The minimum atomic E-state index is 0.873. The summed E-state index contributed by atoms with van der Waals surface area (Å²) in [7, 11) is 0. The normalized spacial score (nSPS) is 35.2. The van der Waals surface area contributed by atoms with Gasteiger partial charge in [-0.2, -0.15) is 0 Å². The highest BCUT2D eigenvalue weighted by atomic mass is 15.2. The first-order valence-electron chi connectivity index (χ1n) is 4.84. The molecule has 2 nitrogen and oxygen atoms in total. The molecule has 2 heterocycles. The Kier molecular flexibility index (Phi) is 2.14. The van der Waals surface area contributed by atoms with Gasteiger partial charge in [0, 0.05) is 18.6 Å². The lowest BCUT2D eigenvalue weighted by Gasteiger charge is -2.46. The number of nitrogens with one attached hydrogen (secondary N) is 1. The summed E-state index contributed by atoms with van der Waals surface area (Å²) in [6.45, 7) is 6.17. The Bertz CT molecular complexity index is 130. The van der Waals surface area contributed by atoms with E-state index in [1.54, 1.807) is 0 Å². The molecule has 1 N–H and O–H groups in total. The molecule has 2 aliphatic heterocycles. The van der Waals surface area contributed by atoms with E-state index in [0.717, 1.165) is 12.1 Å². The molecule has 0 radical (unpaired) electrons. The lowest BCUT2D eigenvalue weighted by atomic mass is 9.96. The molecule has 1 atom stereocenters. The van der Waals surface area contributed by atoms with Gasteiger partial charge in [0.1, 0.15) is 0 Å². The van der Waals surface area contributed by atoms with E-state index in [9.17, 15) is 0 Å². The second kappa shape index (κ2) is 3.11. The Hall–Kier alpha value is -0.0800. The molecule has 64 valence electrons. The van der Waals surface area contributed by atoms with Crippen LogP contribution in [0.15, 0.2) is 0 Å². The summed E-state index contributed by atoms with van der Waals surface area (Å²) in [5.41, 5.74) is 0. The first-order valence-corrected chi connectivity index (χ1v) is 4.84. The number of hydrogen-bond donors (Lipinski definition) is 1. The number of hydrogen-bond acceptors (Lipinski definition) is 2. The van der Waals surface area contributed by atoms with Crippen LogP contribution < -0.4 is 5.32 Å². The van der Waals surface area contributed by atoms with Crippen LogP contribution in [0.1, 0.15) is 26.2 Å². The predicted octanol–water partition coefficient (Wildman–Crippen LogP) is 0.833. The molecule has 0 saturated carbocycles. The Labute approximate surface area is 69.0 Å². The second-order valence-electron chi connectivity index (χ2n) is 3.86. The van der Waals surface area contributed by atoms with E-state index in [0.29, 0.717) is 0 Å².